The summed E-state index contributed by atoms with van der Waals surface area (Å²) in [6.45, 7) is 3.66. The maximum atomic E-state index is 13.9. The summed E-state index contributed by atoms with van der Waals surface area (Å²) in [6.07, 6.45) is 5.05. The molecule has 0 amide bonds. The lowest BCUT2D eigenvalue weighted by Crippen LogP contribution is -2.38. The van der Waals surface area contributed by atoms with Crippen molar-refractivity contribution in [2.75, 3.05) is 38.2 Å². The lowest BCUT2D eigenvalue weighted by atomic mass is 10.0. The number of nitrogens with one attached hydrogen (secondary N) is 1. The van der Waals surface area contributed by atoms with Gasteiger partial charge in [-0.05, 0) is 43.7 Å². The van der Waals surface area contributed by atoms with E-state index in [2.05, 4.69) is 10.4 Å². The van der Waals surface area contributed by atoms with Crippen LogP contribution in [-0.2, 0) is 11.3 Å². The Balaban J connectivity index is 1.36. The maximum absolute atomic E-state index is 13.9. The fourth-order valence-corrected chi connectivity index (χ4v) is 4.48. The Kier molecular flexibility index (Phi) is 7.20. The summed E-state index contributed by atoms with van der Waals surface area (Å²) in [5.41, 5.74) is 0.309. The van der Waals surface area contributed by atoms with Crippen LogP contribution < -0.4 is 10.9 Å². The zero-order chi connectivity index (χ0) is 21.8. The molecule has 9 heteroatoms. The van der Waals surface area contributed by atoms with Crippen LogP contribution in [0, 0.1) is 17.6 Å². The molecule has 31 heavy (non-hydrogen) atoms. The van der Waals surface area contributed by atoms with E-state index in [1.807, 2.05) is 4.90 Å². The normalized spacial score (nSPS) is 20.7. The number of halogens is 3. The second-order valence-electron chi connectivity index (χ2n) is 8.29. The van der Waals surface area contributed by atoms with Crippen molar-refractivity contribution >= 4 is 17.3 Å². The fourth-order valence-electron chi connectivity index (χ4n) is 4.28. The largest absolute Gasteiger partial charge is 0.382 e. The molecule has 0 bridgehead atoms. The monoisotopic (exact) mass is 452 g/mol. The highest BCUT2D eigenvalue weighted by Gasteiger charge is 2.25. The summed E-state index contributed by atoms with van der Waals surface area (Å²) < 4.78 is 34.8. The molecule has 2 aliphatic heterocycles. The van der Waals surface area contributed by atoms with Gasteiger partial charge in [0.1, 0.15) is 16.7 Å². The second-order valence-corrected chi connectivity index (χ2v) is 8.67. The molecule has 2 aliphatic rings. The van der Waals surface area contributed by atoms with Crippen LogP contribution in [0.4, 0.5) is 14.5 Å². The van der Waals surface area contributed by atoms with Gasteiger partial charge in [0.05, 0.1) is 24.5 Å². The van der Waals surface area contributed by atoms with Gasteiger partial charge in [-0.2, -0.15) is 5.10 Å². The van der Waals surface area contributed by atoms with E-state index in [-0.39, 0.29) is 28.7 Å². The summed E-state index contributed by atoms with van der Waals surface area (Å²) >= 11 is 6.35. The van der Waals surface area contributed by atoms with Crippen molar-refractivity contribution in [3.63, 3.8) is 0 Å². The lowest BCUT2D eigenvalue weighted by Gasteiger charge is -2.32. The Bertz CT molecular complexity index is 937. The highest BCUT2D eigenvalue weighted by Crippen LogP contribution is 2.25. The Morgan fingerprint density at radius 2 is 1.94 bits per heavy atom. The quantitative estimate of drug-likeness (QED) is 0.721. The van der Waals surface area contributed by atoms with E-state index in [0.29, 0.717) is 50.7 Å². The number of piperidine rings is 1. The highest BCUT2D eigenvalue weighted by molar-refractivity contribution is 6.32. The van der Waals surface area contributed by atoms with Crippen molar-refractivity contribution in [3.8, 4) is 0 Å². The Morgan fingerprint density at radius 3 is 2.61 bits per heavy atom. The maximum Gasteiger partial charge on any atom is 0.287 e. The van der Waals surface area contributed by atoms with Crippen LogP contribution >= 0.6 is 11.6 Å². The van der Waals surface area contributed by atoms with Gasteiger partial charge < -0.3 is 10.1 Å². The SMILES string of the molecule is O=c1c(Cl)c(NCC2CCCOC2)cnn1C1CCN(Cc2c(F)cccc2F)CC1. The van der Waals surface area contributed by atoms with Crippen LogP contribution in [0.5, 0.6) is 0 Å². The molecule has 1 N–H and O–H groups in total. The zero-order valence-corrected chi connectivity index (χ0v) is 18.1. The summed E-state index contributed by atoms with van der Waals surface area (Å²) in [6, 6.07) is 3.82. The van der Waals surface area contributed by atoms with Crippen LogP contribution in [0.1, 0.15) is 37.3 Å². The average Bonchev–Trinajstić information content (AvgIpc) is 2.79. The molecule has 0 aliphatic carbocycles. The standard InChI is InChI=1S/C22H27ClF2N4O2/c23-21-20(26-11-15-3-2-10-31-14-15)12-27-29(22(21)30)16-6-8-28(9-7-16)13-17-18(24)4-1-5-19(17)25/h1,4-5,12,15-16,26H,2-3,6-11,13-14H2. The Morgan fingerprint density at radius 1 is 1.19 bits per heavy atom. The van der Waals surface area contributed by atoms with Crippen molar-refractivity contribution in [2.45, 2.75) is 38.3 Å². The number of nitrogens with zero attached hydrogens (tertiary/aromatic N) is 3. The molecule has 2 aromatic rings. The van der Waals surface area contributed by atoms with Gasteiger partial charge in [-0.25, -0.2) is 13.5 Å². The summed E-state index contributed by atoms with van der Waals surface area (Å²) in [4.78, 5) is 14.8. The average molecular weight is 453 g/mol. The smallest absolute Gasteiger partial charge is 0.287 e. The Hall–Kier alpha value is -2.03. The third-order valence-corrected chi connectivity index (χ3v) is 6.49. The fraction of sp³-hybridized carbons (Fsp3) is 0.545. The predicted molar refractivity (Wildman–Crippen MR) is 115 cm³/mol. The van der Waals surface area contributed by atoms with Gasteiger partial charge in [-0.1, -0.05) is 17.7 Å². The van der Waals surface area contributed by atoms with E-state index < -0.39 is 11.6 Å². The van der Waals surface area contributed by atoms with Crippen LogP contribution in [0.15, 0.2) is 29.2 Å². The van der Waals surface area contributed by atoms with Gasteiger partial charge in [0.2, 0.25) is 0 Å². The molecular formula is C22H27ClF2N4O2. The number of ether oxygens (including phenoxy) is 1. The number of rotatable bonds is 6. The van der Waals surface area contributed by atoms with Gasteiger partial charge in [0.25, 0.3) is 5.56 Å². The first-order valence-electron chi connectivity index (χ1n) is 10.8. The number of hydrogen-bond acceptors (Lipinski definition) is 5. The molecule has 1 atom stereocenters. The Labute approximate surface area is 185 Å². The molecule has 2 fully saturated rings. The second kappa shape index (κ2) is 10.1. The minimum Gasteiger partial charge on any atom is -0.382 e. The summed E-state index contributed by atoms with van der Waals surface area (Å²) in [5, 5.41) is 7.72. The van der Waals surface area contributed by atoms with Crippen LogP contribution in [0.3, 0.4) is 0 Å². The van der Waals surface area contributed by atoms with Gasteiger partial charge in [0.15, 0.2) is 0 Å². The molecule has 3 heterocycles. The molecule has 2 saturated heterocycles. The number of aromatic nitrogens is 2. The predicted octanol–water partition coefficient (Wildman–Crippen LogP) is 3.85. The van der Waals surface area contributed by atoms with E-state index in [4.69, 9.17) is 16.3 Å². The van der Waals surface area contributed by atoms with Gasteiger partial charge in [0, 0.05) is 38.3 Å². The van der Waals surface area contributed by atoms with E-state index in [0.717, 1.165) is 19.4 Å². The van der Waals surface area contributed by atoms with Gasteiger partial charge >= 0.3 is 0 Å². The minimum atomic E-state index is -0.533. The first-order valence-corrected chi connectivity index (χ1v) is 11.1. The number of hydrogen-bond donors (Lipinski definition) is 1. The number of likely N-dealkylation sites (tertiary alicyclic amines) is 1. The van der Waals surface area contributed by atoms with Crippen molar-refractivity contribution in [3.05, 3.63) is 57.0 Å². The molecule has 1 aromatic heterocycles. The first-order chi connectivity index (χ1) is 15.0. The van der Waals surface area contributed by atoms with E-state index >= 15 is 0 Å². The molecule has 4 rings (SSSR count). The highest BCUT2D eigenvalue weighted by atomic mass is 35.5. The molecule has 1 aromatic carbocycles. The van der Waals surface area contributed by atoms with Crippen LogP contribution in [-0.4, -0.2) is 47.5 Å². The molecular weight excluding hydrogens is 426 g/mol. The van der Waals surface area contributed by atoms with E-state index in [1.54, 1.807) is 6.20 Å². The third-order valence-electron chi connectivity index (χ3n) is 6.13. The van der Waals surface area contributed by atoms with E-state index in [1.165, 1.54) is 22.9 Å². The molecule has 1 unspecified atom stereocenters. The van der Waals surface area contributed by atoms with Crippen molar-refractivity contribution in [1.29, 1.82) is 0 Å². The number of benzene rings is 1. The summed E-state index contributed by atoms with van der Waals surface area (Å²) in [5.74, 6) is -0.666. The molecule has 0 spiro atoms. The van der Waals surface area contributed by atoms with Crippen molar-refractivity contribution in [2.24, 2.45) is 5.92 Å². The number of anilines is 1. The molecule has 6 nitrogen and oxygen atoms in total. The van der Waals surface area contributed by atoms with Gasteiger partial charge in [-0.15, -0.1) is 0 Å². The summed E-state index contributed by atoms with van der Waals surface area (Å²) in [7, 11) is 0. The minimum absolute atomic E-state index is 0.0816. The molecule has 168 valence electrons. The topological polar surface area (TPSA) is 59.4 Å². The molecule has 0 radical (unpaired) electrons. The van der Waals surface area contributed by atoms with Crippen LogP contribution in [0.25, 0.3) is 0 Å². The van der Waals surface area contributed by atoms with Gasteiger partial charge in [-0.3, -0.25) is 9.69 Å². The zero-order valence-electron chi connectivity index (χ0n) is 17.3. The van der Waals surface area contributed by atoms with Crippen LogP contribution in [0.2, 0.25) is 5.02 Å². The third kappa shape index (κ3) is 5.25. The van der Waals surface area contributed by atoms with E-state index in [9.17, 15) is 13.6 Å². The lowest BCUT2D eigenvalue weighted by molar-refractivity contribution is 0.0595. The van der Waals surface area contributed by atoms with Crippen molar-refractivity contribution < 1.29 is 13.5 Å². The van der Waals surface area contributed by atoms with Crippen molar-refractivity contribution in [1.82, 2.24) is 14.7 Å². The molecule has 0 saturated carbocycles. The first kappa shape index (κ1) is 22.2.